The second kappa shape index (κ2) is 5.28. The van der Waals surface area contributed by atoms with Gasteiger partial charge in [-0.05, 0) is 34.7 Å². The summed E-state index contributed by atoms with van der Waals surface area (Å²) in [6, 6.07) is 12.6. The number of benzene rings is 2. The Hall–Kier alpha value is -0.830. The molecule has 0 bridgehead atoms. The molecule has 0 spiro atoms. The Morgan fingerprint density at radius 1 is 1.16 bits per heavy atom. The first-order valence-electron chi connectivity index (χ1n) is 6.25. The minimum absolute atomic E-state index is 0.116. The van der Waals surface area contributed by atoms with Gasteiger partial charge in [-0.3, -0.25) is 0 Å². The van der Waals surface area contributed by atoms with Crippen LogP contribution in [0.2, 0.25) is 5.02 Å². The monoisotopic (exact) mass is 336 g/mol. The number of fused-ring (bicyclic) bond motifs is 1. The summed E-state index contributed by atoms with van der Waals surface area (Å²) in [7, 11) is 0. The van der Waals surface area contributed by atoms with Gasteiger partial charge in [0.2, 0.25) is 0 Å². The van der Waals surface area contributed by atoms with E-state index in [2.05, 4.69) is 40.2 Å². The molecule has 2 aromatic carbocycles. The minimum atomic E-state index is 0.116. The van der Waals surface area contributed by atoms with Crippen molar-refractivity contribution in [1.29, 1.82) is 0 Å². The van der Waals surface area contributed by atoms with Gasteiger partial charge in [-0.15, -0.1) is 0 Å². The van der Waals surface area contributed by atoms with Gasteiger partial charge in [0.15, 0.2) is 0 Å². The van der Waals surface area contributed by atoms with Crippen LogP contribution < -0.4 is 0 Å². The van der Waals surface area contributed by atoms with Gasteiger partial charge in [0.25, 0.3) is 0 Å². The Balaban J connectivity index is 2.00. The summed E-state index contributed by atoms with van der Waals surface area (Å²) in [5, 5.41) is 0.834. The highest BCUT2D eigenvalue weighted by atomic mass is 79.9. The molecule has 0 fully saturated rings. The highest BCUT2D eigenvalue weighted by Crippen LogP contribution is 2.37. The van der Waals surface area contributed by atoms with Crippen LogP contribution in [0.3, 0.4) is 0 Å². The van der Waals surface area contributed by atoms with Crippen molar-refractivity contribution in [3.05, 3.63) is 69.2 Å². The highest BCUT2D eigenvalue weighted by molar-refractivity contribution is 9.09. The van der Waals surface area contributed by atoms with Gasteiger partial charge in [-0.25, -0.2) is 0 Å². The van der Waals surface area contributed by atoms with Gasteiger partial charge in [-0.2, -0.15) is 0 Å². The number of halogens is 2. The lowest BCUT2D eigenvalue weighted by Crippen LogP contribution is -1.96. The predicted molar refractivity (Wildman–Crippen MR) is 81.9 cm³/mol. The third-order valence-electron chi connectivity index (χ3n) is 3.53. The van der Waals surface area contributed by atoms with E-state index in [1.807, 2.05) is 19.1 Å². The van der Waals surface area contributed by atoms with Crippen LogP contribution >= 0.6 is 27.5 Å². The van der Waals surface area contributed by atoms with E-state index in [1.165, 1.54) is 16.7 Å². The fraction of sp³-hybridized carbons (Fsp3) is 0.250. The van der Waals surface area contributed by atoms with Crippen molar-refractivity contribution in [3.8, 4) is 0 Å². The van der Waals surface area contributed by atoms with Gasteiger partial charge in [0.1, 0.15) is 0 Å². The van der Waals surface area contributed by atoms with E-state index in [9.17, 15) is 0 Å². The number of aryl methyl sites for hydroxylation is 1. The molecule has 0 amide bonds. The van der Waals surface area contributed by atoms with Gasteiger partial charge in [0.05, 0.1) is 18.0 Å². The van der Waals surface area contributed by atoms with Crippen LogP contribution in [0, 0.1) is 6.92 Å². The van der Waals surface area contributed by atoms with Crippen molar-refractivity contribution >= 4 is 27.5 Å². The Bertz CT molecular complexity index is 624. The van der Waals surface area contributed by atoms with Crippen molar-refractivity contribution < 1.29 is 4.74 Å². The zero-order chi connectivity index (χ0) is 13.4. The van der Waals surface area contributed by atoms with E-state index in [-0.39, 0.29) is 4.83 Å². The largest absolute Gasteiger partial charge is 0.372 e. The van der Waals surface area contributed by atoms with Gasteiger partial charge >= 0.3 is 0 Å². The molecule has 1 aliphatic heterocycles. The topological polar surface area (TPSA) is 9.23 Å². The van der Waals surface area contributed by atoms with Crippen LogP contribution in [0.25, 0.3) is 0 Å². The van der Waals surface area contributed by atoms with Crippen molar-refractivity contribution in [2.24, 2.45) is 0 Å². The molecule has 1 aliphatic rings. The van der Waals surface area contributed by atoms with Crippen LogP contribution in [0.1, 0.15) is 32.6 Å². The normalized spacial score (nSPS) is 15.3. The van der Waals surface area contributed by atoms with Gasteiger partial charge in [-0.1, -0.05) is 63.9 Å². The van der Waals surface area contributed by atoms with E-state index < -0.39 is 0 Å². The fourth-order valence-corrected chi connectivity index (χ4v) is 3.43. The Labute approximate surface area is 126 Å². The molecule has 0 radical (unpaired) electrons. The quantitative estimate of drug-likeness (QED) is 0.688. The third kappa shape index (κ3) is 2.45. The van der Waals surface area contributed by atoms with Crippen molar-refractivity contribution in [2.45, 2.75) is 25.0 Å². The van der Waals surface area contributed by atoms with E-state index in [0.717, 1.165) is 22.8 Å². The van der Waals surface area contributed by atoms with Crippen molar-refractivity contribution in [2.75, 3.05) is 0 Å². The molecule has 1 atom stereocenters. The van der Waals surface area contributed by atoms with Crippen molar-refractivity contribution in [1.82, 2.24) is 0 Å². The number of ether oxygens (including phenoxy) is 1. The molecule has 98 valence electrons. The van der Waals surface area contributed by atoms with Crippen LogP contribution in [0.15, 0.2) is 36.4 Å². The summed E-state index contributed by atoms with van der Waals surface area (Å²) in [6.07, 6.45) is 0. The number of alkyl halides is 1. The fourth-order valence-electron chi connectivity index (χ4n) is 2.40. The van der Waals surface area contributed by atoms with Crippen LogP contribution in [-0.2, 0) is 18.0 Å². The number of rotatable bonds is 2. The smallest absolute Gasteiger partial charge is 0.0725 e. The lowest BCUT2D eigenvalue weighted by molar-refractivity contribution is 0.134. The molecule has 0 N–H and O–H groups in total. The lowest BCUT2D eigenvalue weighted by atomic mass is 9.99. The van der Waals surface area contributed by atoms with Gasteiger partial charge < -0.3 is 4.74 Å². The maximum absolute atomic E-state index is 6.40. The molecule has 0 aromatic heterocycles. The first-order chi connectivity index (χ1) is 9.16. The Morgan fingerprint density at radius 3 is 2.79 bits per heavy atom. The molecule has 2 aromatic rings. The molecule has 19 heavy (non-hydrogen) atoms. The highest BCUT2D eigenvalue weighted by Gasteiger charge is 2.18. The molecule has 1 unspecified atom stereocenters. The number of hydrogen-bond acceptors (Lipinski definition) is 1. The summed E-state index contributed by atoms with van der Waals surface area (Å²) < 4.78 is 5.46. The molecule has 3 rings (SSSR count). The standard InChI is InChI=1S/C16H14BrClO/c1-10-3-2-4-14(16(10)18)15(17)11-5-6-12-8-19-9-13(12)7-11/h2-7,15H,8-9H2,1H3. The van der Waals surface area contributed by atoms with E-state index >= 15 is 0 Å². The van der Waals surface area contributed by atoms with Gasteiger partial charge in [0, 0.05) is 5.02 Å². The van der Waals surface area contributed by atoms with E-state index in [4.69, 9.17) is 16.3 Å². The zero-order valence-corrected chi connectivity index (χ0v) is 13.0. The first kappa shape index (κ1) is 13.2. The summed E-state index contributed by atoms with van der Waals surface area (Å²) in [5.41, 5.74) is 6.01. The summed E-state index contributed by atoms with van der Waals surface area (Å²) in [4.78, 5) is 0.116. The summed E-state index contributed by atoms with van der Waals surface area (Å²) >= 11 is 10.2. The molecular weight excluding hydrogens is 324 g/mol. The SMILES string of the molecule is Cc1cccc(C(Br)c2ccc3c(c2)COC3)c1Cl. The Kier molecular flexibility index (Phi) is 3.66. The first-order valence-corrected chi connectivity index (χ1v) is 7.54. The second-order valence-corrected chi connectivity index (χ2v) is 6.16. The van der Waals surface area contributed by atoms with Crippen molar-refractivity contribution in [3.63, 3.8) is 0 Å². The zero-order valence-electron chi connectivity index (χ0n) is 10.6. The van der Waals surface area contributed by atoms with Crippen LogP contribution in [0.5, 0.6) is 0 Å². The Morgan fingerprint density at radius 2 is 1.95 bits per heavy atom. The molecule has 1 nitrogen and oxygen atoms in total. The number of hydrogen-bond donors (Lipinski definition) is 0. The average Bonchev–Trinajstić information content (AvgIpc) is 2.88. The van der Waals surface area contributed by atoms with E-state index in [1.54, 1.807) is 0 Å². The third-order valence-corrected chi connectivity index (χ3v) is 5.07. The molecule has 0 saturated carbocycles. The lowest BCUT2D eigenvalue weighted by Gasteiger charge is -2.15. The molecule has 0 aliphatic carbocycles. The second-order valence-electron chi connectivity index (χ2n) is 4.86. The average molecular weight is 338 g/mol. The maximum atomic E-state index is 6.40. The molecule has 3 heteroatoms. The molecule has 0 saturated heterocycles. The van der Waals surface area contributed by atoms with Crippen LogP contribution in [0.4, 0.5) is 0 Å². The van der Waals surface area contributed by atoms with Crippen LogP contribution in [-0.4, -0.2) is 0 Å². The maximum Gasteiger partial charge on any atom is 0.0725 e. The summed E-state index contributed by atoms with van der Waals surface area (Å²) in [5.74, 6) is 0. The molecular formula is C16H14BrClO. The molecule has 1 heterocycles. The summed E-state index contributed by atoms with van der Waals surface area (Å²) in [6.45, 7) is 3.47. The minimum Gasteiger partial charge on any atom is -0.372 e. The predicted octanol–water partition coefficient (Wildman–Crippen LogP) is 5.16. The van der Waals surface area contributed by atoms with E-state index in [0.29, 0.717) is 6.61 Å².